The lowest BCUT2D eigenvalue weighted by Crippen LogP contribution is -2.53. The Morgan fingerprint density at radius 1 is 1.03 bits per heavy atom. The molecule has 0 unspecified atom stereocenters. The maximum atomic E-state index is 10.3. The maximum absolute atomic E-state index is 10.3. The van der Waals surface area contributed by atoms with Gasteiger partial charge >= 0.3 is 0 Å². The van der Waals surface area contributed by atoms with Crippen molar-refractivity contribution in [3.8, 4) is 0 Å². The van der Waals surface area contributed by atoms with E-state index >= 15 is 0 Å². The van der Waals surface area contributed by atoms with E-state index in [1.807, 2.05) is 6.21 Å². The van der Waals surface area contributed by atoms with E-state index < -0.39 is 0 Å². The molecule has 1 N–H and O–H groups in total. The van der Waals surface area contributed by atoms with Gasteiger partial charge in [-0.15, -0.1) is 0 Å². The second kappa shape index (κ2) is 6.30. The zero-order valence-electron chi connectivity index (χ0n) is 18.0. The zero-order valence-corrected chi connectivity index (χ0v) is 18.0. The van der Waals surface area contributed by atoms with Crippen molar-refractivity contribution in [2.24, 2.45) is 39.5 Å². The fourth-order valence-corrected chi connectivity index (χ4v) is 8.53. The number of hydrogen-bond donors (Lipinski definition) is 1. The first kappa shape index (κ1) is 18.4. The second-order valence-electron chi connectivity index (χ2n) is 11.3. The molecule has 7 atom stereocenters. The summed E-state index contributed by atoms with van der Waals surface area (Å²) >= 11 is 0. The summed E-state index contributed by atoms with van der Waals surface area (Å²) < 4.78 is 0. The van der Waals surface area contributed by atoms with Gasteiger partial charge in [-0.05, 0) is 114 Å². The molecular weight excluding hydrogens is 354 g/mol. The first-order chi connectivity index (χ1) is 14.0. The van der Waals surface area contributed by atoms with Crippen molar-refractivity contribution in [3.63, 3.8) is 0 Å². The molecule has 0 aromatic heterocycles. The van der Waals surface area contributed by atoms with Crippen LogP contribution in [0.4, 0.5) is 0 Å². The van der Waals surface area contributed by atoms with Gasteiger partial charge in [0.1, 0.15) is 0 Å². The molecule has 154 valence electrons. The minimum atomic E-state index is -0.0398. The van der Waals surface area contributed by atoms with Crippen molar-refractivity contribution < 1.29 is 5.11 Å². The molecule has 3 fully saturated rings. The van der Waals surface area contributed by atoms with Gasteiger partial charge in [-0.25, -0.2) is 0 Å². The van der Waals surface area contributed by atoms with Gasteiger partial charge in [0.2, 0.25) is 0 Å². The number of hydrogen-bond acceptors (Lipinski definition) is 2. The molecule has 29 heavy (non-hydrogen) atoms. The highest BCUT2D eigenvalue weighted by atomic mass is 16.3. The lowest BCUT2D eigenvalue weighted by molar-refractivity contribution is -0.115. The highest BCUT2D eigenvalue weighted by molar-refractivity contribution is 5.86. The fraction of sp³-hybridized carbons (Fsp3) is 0.667. The predicted molar refractivity (Wildman–Crippen MR) is 119 cm³/mol. The smallest absolute Gasteiger partial charge is 0.0646 e. The topological polar surface area (TPSA) is 32.6 Å². The van der Waals surface area contributed by atoms with E-state index in [0.29, 0.717) is 10.8 Å². The number of aliphatic hydroxyl groups is 1. The largest absolute Gasteiger partial charge is 0.393 e. The third-order valence-corrected chi connectivity index (χ3v) is 10.2. The Morgan fingerprint density at radius 2 is 1.93 bits per heavy atom. The van der Waals surface area contributed by atoms with Gasteiger partial charge < -0.3 is 5.11 Å². The Labute approximate surface area is 175 Å². The van der Waals surface area contributed by atoms with Crippen LogP contribution in [0.15, 0.2) is 29.3 Å². The SMILES string of the molecule is C[C@]12CC[C@H](O)C[C@@H]1CC[C@@H]1[C@@H]2CC[C@]2(C)C(c3ccc4c(c3)CN=C4)=CC[C@@H]12. The zero-order chi connectivity index (χ0) is 19.8. The van der Waals surface area contributed by atoms with Gasteiger partial charge in [-0.3, -0.25) is 4.99 Å². The minimum Gasteiger partial charge on any atom is -0.393 e. The molecule has 1 aromatic carbocycles. The van der Waals surface area contributed by atoms with E-state index in [2.05, 4.69) is 43.1 Å². The van der Waals surface area contributed by atoms with Crippen molar-refractivity contribution in [2.45, 2.75) is 77.9 Å². The van der Waals surface area contributed by atoms with Crippen LogP contribution in [0.3, 0.4) is 0 Å². The van der Waals surface area contributed by atoms with Crippen molar-refractivity contribution in [1.82, 2.24) is 0 Å². The Bertz CT molecular complexity index is 900. The van der Waals surface area contributed by atoms with Gasteiger partial charge in [-0.1, -0.05) is 32.1 Å². The normalized spacial score (nSPS) is 45.2. The quantitative estimate of drug-likeness (QED) is 0.626. The fourth-order valence-electron chi connectivity index (χ4n) is 8.53. The Kier molecular flexibility index (Phi) is 3.99. The third-order valence-electron chi connectivity index (χ3n) is 10.2. The van der Waals surface area contributed by atoms with Gasteiger partial charge in [-0.2, -0.15) is 0 Å². The van der Waals surface area contributed by atoms with Gasteiger partial charge in [0, 0.05) is 6.21 Å². The van der Waals surface area contributed by atoms with Gasteiger partial charge in [0.25, 0.3) is 0 Å². The number of allylic oxidation sites excluding steroid dienone is 2. The molecule has 1 aliphatic heterocycles. The molecule has 0 radical (unpaired) electrons. The summed E-state index contributed by atoms with van der Waals surface area (Å²) in [7, 11) is 0. The summed E-state index contributed by atoms with van der Waals surface area (Å²) in [4.78, 5) is 4.46. The predicted octanol–water partition coefficient (Wildman–Crippen LogP) is 6.02. The molecule has 2 heteroatoms. The molecular formula is C27H35NO. The second-order valence-corrected chi connectivity index (χ2v) is 11.3. The molecule has 2 nitrogen and oxygen atoms in total. The maximum Gasteiger partial charge on any atom is 0.0646 e. The van der Waals surface area contributed by atoms with Crippen molar-refractivity contribution in [1.29, 1.82) is 0 Å². The Balaban J connectivity index is 1.30. The summed E-state index contributed by atoms with van der Waals surface area (Å²) in [6.07, 6.45) is 14.6. The van der Waals surface area contributed by atoms with Crippen LogP contribution in [0.25, 0.3) is 5.57 Å². The number of aliphatic hydroxyl groups excluding tert-OH is 1. The van der Waals surface area contributed by atoms with E-state index in [1.54, 1.807) is 5.57 Å². The summed E-state index contributed by atoms with van der Waals surface area (Å²) in [5.41, 5.74) is 6.60. The van der Waals surface area contributed by atoms with E-state index in [1.165, 1.54) is 55.2 Å². The molecule has 5 aliphatic rings. The molecule has 0 bridgehead atoms. The van der Waals surface area contributed by atoms with Crippen LogP contribution in [-0.4, -0.2) is 17.4 Å². The van der Waals surface area contributed by atoms with Crippen LogP contribution in [0, 0.1) is 34.5 Å². The average molecular weight is 390 g/mol. The van der Waals surface area contributed by atoms with Crippen molar-refractivity contribution in [2.75, 3.05) is 0 Å². The number of aliphatic imine (C=N–C) groups is 1. The van der Waals surface area contributed by atoms with Crippen molar-refractivity contribution >= 4 is 11.8 Å². The van der Waals surface area contributed by atoms with Crippen LogP contribution in [-0.2, 0) is 6.54 Å². The summed E-state index contributed by atoms with van der Waals surface area (Å²) in [5.74, 6) is 3.30. The standard InChI is InChI=1S/C27H35NO/c1-26-11-9-21(29)14-20(26)5-6-22-24-8-7-23(27(24,2)12-10-25(22)26)17-3-4-18-15-28-16-19(18)13-17/h3-4,7,13,15,20-22,24-25,29H,5-6,8-12,14,16H2,1-2H3/t20-,21-,22-,24-,25-,26-,27+/m0/s1. The summed E-state index contributed by atoms with van der Waals surface area (Å²) in [6.45, 7) is 6.02. The first-order valence-electron chi connectivity index (χ1n) is 12.0. The number of nitrogens with zero attached hydrogens (tertiary/aromatic N) is 1. The minimum absolute atomic E-state index is 0.0398. The van der Waals surface area contributed by atoms with E-state index in [-0.39, 0.29) is 6.10 Å². The van der Waals surface area contributed by atoms with Gasteiger partial charge in [0.15, 0.2) is 0 Å². The number of benzene rings is 1. The molecule has 1 heterocycles. The lowest BCUT2D eigenvalue weighted by Gasteiger charge is -2.60. The van der Waals surface area contributed by atoms with Crippen LogP contribution in [0.1, 0.15) is 81.9 Å². The monoisotopic (exact) mass is 389 g/mol. The third kappa shape index (κ3) is 2.54. The molecule has 6 rings (SSSR count). The Hall–Kier alpha value is -1.41. The molecule has 4 aliphatic carbocycles. The van der Waals surface area contributed by atoms with Crippen LogP contribution >= 0.6 is 0 Å². The summed E-state index contributed by atoms with van der Waals surface area (Å²) in [6, 6.07) is 7.06. The molecule has 0 saturated heterocycles. The average Bonchev–Trinajstić information content (AvgIpc) is 3.31. The van der Waals surface area contributed by atoms with Crippen molar-refractivity contribution in [3.05, 3.63) is 41.0 Å². The van der Waals surface area contributed by atoms with Crippen LogP contribution < -0.4 is 0 Å². The highest BCUT2D eigenvalue weighted by Gasteiger charge is 2.58. The number of fused-ring (bicyclic) bond motifs is 6. The van der Waals surface area contributed by atoms with E-state index in [0.717, 1.165) is 43.1 Å². The van der Waals surface area contributed by atoms with Crippen LogP contribution in [0.2, 0.25) is 0 Å². The first-order valence-corrected chi connectivity index (χ1v) is 12.0. The summed E-state index contributed by atoms with van der Waals surface area (Å²) in [5, 5.41) is 10.3. The lowest BCUT2D eigenvalue weighted by atomic mass is 9.44. The molecule has 0 spiro atoms. The van der Waals surface area contributed by atoms with Crippen LogP contribution in [0.5, 0.6) is 0 Å². The Morgan fingerprint density at radius 3 is 2.83 bits per heavy atom. The molecule has 1 aromatic rings. The highest BCUT2D eigenvalue weighted by Crippen LogP contribution is 2.67. The molecule has 0 amide bonds. The van der Waals surface area contributed by atoms with E-state index in [9.17, 15) is 5.11 Å². The number of rotatable bonds is 1. The molecule has 3 saturated carbocycles. The van der Waals surface area contributed by atoms with E-state index in [4.69, 9.17) is 0 Å². The van der Waals surface area contributed by atoms with Gasteiger partial charge in [0.05, 0.1) is 12.6 Å².